The van der Waals surface area contributed by atoms with E-state index >= 15 is 0 Å². The van der Waals surface area contributed by atoms with E-state index in [-0.39, 0.29) is 5.41 Å². The minimum absolute atomic E-state index is 0.221. The van der Waals surface area contributed by atoms with Crippen molar-refractivity contribution in [1.29, 1.82) is 0 Å². The van der Waals surface area contributed by atoms with Crippen LogP contribution in [0.5, 0.6) is 0 Å². The van der Waals surface area contributed by atoms with Gasteiger partial charge in [0.25, 0.3) is 0 Å². The number of rotatable bonds is 14. The molecule has 0 bridgehead atoms. The number of halogens is 1. The van der Waals surface area contributed by atoms with Crippen LogP contribution >= 0.6 is 27.7 Å². The lowest BCUT2D eigenvalue weighted by molar-refractivity contribution is 0.274. The molecule has 2 aromatic rings. The molecule has 0 unspecified atom stereocenters. The van der Waals surface area contributed by atoms with Gasteiger partial charge in [-0.3, -0.25) is 4.99 Å². The Morgan fingerprint density at radius 1 is 0.917 bits per heavy atom. The fourth-order valence-electron chi connectivity index (χ4n) is 7.52. The predicted molar refractivity (Wildman–Crippen MR) is 216 cm³/mol. The Balaban J connectivity index is 1.16. The van der Waals surface area contributed by atoms with Crippen LogP contribution in [0.2, 0.25) is 0 Å². The van der Waals surface area contributed by atoms with Gasteiger partial charge < -0.3 is 4.90 Å². The van der Waals surface area contributed by atoms with E-state index in [0.29, 0.717) is 10.2 Å². The lowest BCUT2D eigenvalue weighted by Gasteiger charge is -2.33. The van der Waals surface area contributed by atoms with E-state index < -0.39 is 0 Å². The van der Waals surface area contributed by atoms with Crippen molar-refractivity contribution in [3.63, 3.8) is 0 Å². The summed E-state index contributed by atoms with van der Waals surface area (Å²) >= 11 is 5.92. The zero-order chi connectivity index (χ0) is 34.3. The molecule has 0 N–H and O–H groups in total. The van der Waals surface area contributed by atoms with Crippen LogP contribution in [0.25, 0.3) is 23.3 Å². The highest BCUT2D eigenvalue weighted by molar-refractivity contribution is 9.11. The summed E-state index contributed by atoms with van der Waals surface area (Å²) in [5, 5.41) is 0. The van der Waals surface area contributed by atoms with Gasteiger partial charge in [-0.25, -0.2) is 4.99 Å². The third-order valence-corrected chi connectivity index (χ3v) is 13.0. The first-order chi connectivity index (χ1) is 22.7. The van der Waals surface area contributed by atoms with Crippen molar-refractivity contribution < 1.29 is 0 Å². The normalized spacial score (nSPS) is 19.4. The minimum atomic E-state index is 0.221. The molecule has 256 valence electrons. The topological polar surface area (TPSA) is 28.0 Å². The fraction of sp³-hybridized carbons (Fsp3) is 0.535. The summed E-state index contributed by atoms with van der Waals surface area (Å²) in [7, 11) is 0. The first-order valence-electron chi connectivity index (χ1n) is 18.2. The van der Waals surface area contributed by atoms with Crippen molar-refractivity contribution in [2.75, 3.05) is 18.8 Å². The van der Waals surface area contributed by atoms with Crippen molar-refractivity contribution in [3.8, 4) is 11.1 Å². The molecule has 2 fully saturated rings. The van der Waals surface area contributed by atoms with Gasteiger partial charge in [0, 0.05) is 40.4 Å². The second-order valence-electron chi connectivity index (χ2n) is 16.7. The Bertz CT molecular complexity index is 1640. The Morgan fingerprint density at radius 2 is 1.48 bits per heavy atom. The molecule has 0 amide bonds. The second kappa shape index (κ2) is 14.1. The molecular weight excluding hydrogens is 670 g/mol. The van der Waals surface area contributed by atoms with Crippen LogP contribution in [0, 0.1) is 10.8 Å². The SMILES string of the molecule is C=C(CC(C)(C)C)N(C/C(C)=N/C(Br)=C/c1cc2c3c(c1)CCc1cc(/C=C/N=C(C)CSC4(CC)CC4)cc(c1-3)CC2)CC1(C)CC1. The number of thioether (sulfide) groups is 1. The molecule has 0 saturated heterocycles. The molecule has 2 saturated carbocycles. The molecular formula is C43H56BrN3S. The third-order valence-electron chi connectivity index (χ3n) is 10.7. The van der Waals surface area contributed by atoms with Crippen molar-refractivity contribution in [3.05, 3.63) is 80.7 Å². The number of hydrogen-bond acceptors (Lipinski definition) is 4. The molecule has 0 radical (unpaired) electrons. The summed E-state index contributed by atoms with van der Waals surface area (Å²) in [6.45, 7) is 22.3. The minimum Gasteiger partial charge on any atom is -0.369 e. The highest BCUT2D eigenvalue weighted by atomic mass is 79.9. The zero-order valence-corrected chi connectivity index (χ0v) is 33.0. The molecule has 6 rings (SSSR count). The monoisotopic (exact) mass is 725 g/mol. The van der Waals surface area contributed by atoms with Crippen LogP contribution in [0.1, 0.15) is 120 Å². The van der Waals surface area contributed by atoms with Crippen LogP contribution < -0.4 is 0 Å². The number of aryl methyl sites for hydroxylation is 4. The molecule has 4 aliphatic carbocycles. The Hall–Kier alpha value is -2.37. The number of hydrogen-bond donors (Lipinski definition) is 0. The molecule has 0 aliphatic heterocycles. The number of allylic oxidation sites excluding steroid dienone is 1. The molecule has 0 aromatic heterocycles. The van der Waals surface area contributed by atoms with Crippen LogP contribution in [0.15, 0.2) is 57.3 Å². The maximum absolute atomic E-state index is 5.02. The van der Waals surface area contributed by atoms with Crippen molar-refractivity contribution in [2.24, 2.45) is 20.8 Å². The summed E-state index contributed by atoms with van der Waals surface area (Å²) in [6, 6.07) is 9.63. The van der Waals surface area contributed by atoms with Gasteiger partial charge in [0.1, 0.15) is 4.61 Å². The molecule has 0 spiro atoms. The lowest BCUT2D eigenvalue weighted by Crippen LogP contribution is -2.34. The third kappa shape index (κ3) is 8.85. The van der Waals surface area contributed by atoms with Gasteiger partial charge in [0.2, 0.25) is 0 Å². The molecule has 0 atom stereocenters. The highest BCUT2D eigenvalue weighted by Crippen LogP contribution is 2.51. The van der Waals surface area contributed by atoms with Gasteiger partial charge in [-0.05, 0) is 161 Å². The lowest BCUT2D eigenvalue weighted by atomic mass is 9.74. The van der Waals surface area contributed by atoms with E-state index in [0.717, 1.165) is 61.3 Å². The van der Waals surface area contributed by atoms with Gasteiger partial charge in [-0.1, -0.05) is 65.5 Å². The van der Waals surface area contributed by atoms with Crippen molar-refractivity contribution in [1.82, 2.24) is 4.90 Å². The Morgan fingerprint density at radius 3 is 1.98 bits per heavy atom. The average Bonchev–Trinajstić information content (AvgIpc) is 3.95. The summed E-state index contributed by atoms with van der Waals surface area (Å²) < 4.78 is 1.44. The number of nitrogens with zero attached hydrogens (tertiary/aromatic N) is 3. The van der Waals surface area contributed by atoms with Gasteiger partial charge in [-0.15, -0.1) is 11.8 Å². The van der Waals surface area contributed by atoms with Crippen LogP contribution in [0.3, 0.4) is 0 Å². The molecule has 5 heteroatoms. The maximum atomic E-state index is 5.02. The quantitative estimate of drug-likeness (QED) is 0.143. The van der Waals surface area contributed by atoms with E-state index in [9.17, 15) is 0 Å². The molecule has 0 heterocycles. The van der Waals surface area contributed by atoms with E-state index in [1.165, 1.54) is 88.0 Å². The number of aliphatic imine (C=N–C) groups is 2. The molecule has 4 aliphatic rings. The van der Waals surface area contributed by atoms with E-state index in [1.807, 2.05) is 6.20 Å². The summed E-state index contributed by atoms with van der Waals surface area (Å²) in [4.78, 5) is 12.3. The smallest absolute Gasteiger partial charge is 0.106 e. The average molecular weight is 727 g/mol. The van der Waals surface area contributed by atoms with Gasteiger partial charge in [0.05, 0.1) is 6.54 Å². The van der Waals surface area contributed by atoms with Crippen molar-refractivity contribution in [2.45, 2.75) is 117 Å². The largest absolute Gasteiger partial charge is 0.369 e. The van der Waals surface area contributed by atoms with Gasteiger partial charge in [0.15, 0.2) is 0 Å². The van der Waals surface area contributed by atoms with E-state index in [4.69, 9.17) is 9.98 Å². The first kappa shape index (κ1) is 35.5. The Kier molecular flexibility index (Phi) is 10.4. The fourth-order valence-corrected chi connectivity index (χ4v) is 9.27. The standard InChI is InChI=1S/C43H56BrN3S/c1-9-43(17-18-43)48-27-30(3)45-19-14-32-20-34-10-12-36-22-33(23-37-13-11-35(21-32)39(34)40(36)37)24-38(44)46-29(2)26-47(28-42(8)15-16-42)31(4)25-41(5,6)7/h14,19-24H,4,9-13,15-18,25-28H2,1-3,5-8H3/b19-14+,38-24+,45-30?,46-29+. The van der Waals surface area contributed by atoms with E-state index in [1.54, 1.807) is 0 Å². The predicted octanol–water partition coefficient (Wildman–Crippen LogP) is 11.9. The second-order valence-corrected chi connectivity index (χ2v) is 19.0. The van der Waals surface area contributed by atoms with E-state index in [2.05, 4.69) is 124 Å². The summed E-state index contributed by atoms with van der Waals surface area (Å²) in [6.07, 6.45) is 18.4. The zero-order valence-electron chi connectivity index (χ0n) is 30.6. The Labute approximate surface area is 303 Å². The van der Waals surface area contributed by atoms with Crippen LogP contribution in [0.4, 0.5) is 0 Å². The highest BCUT2D eigenvalue weighted by Gasteiger charge is 2.41. The molecule has 3 nitrogen and oxygen atoms in total. The van der Waals surface area contributed by atoms with Crippen LogP contribution in [-0.4, -0.2) is 39.9 Å². The summed E-state index contributed by atoms with van der Waals surface area (Å²) in [5.74, 6) is 1.04. The first-order valence-corrected chi connectivity index (χ1v) is 20.0. The summed E-state index contributed by atoms with van der Waals surface area (Å²) in [5.41, 5.74) is 15.7. The van der Waals surface area contributed by atoms with Crippen LogP contribution in [-0.2, 0) is 25.7 Å². The van der Waals surface area contributed by atoms with Crippen molar-refractivity contribution >= 4 is 51.3 Å². The van der Waals surface area contributed by atoms with Gasteiger partial charge in [-0.2, -0.15) is 0 Å². The number of benzene rings is 2. The molecule has 48 heavy (non-hydrogen) atoms. The molecule has 2 aromatic carbocycles. The maximum Gasteiger partial charge on any atom is 0.106 e. The van der Waals surface area contributed by atoms with Gasteiger partial charge >= 0.3 is 0 Å².